The summed E-state index contributed by atoms with van der Waals surface area (Å²) in [5, 5.41) is 16.3. The van der Waals surface area contributed by atoms with Crippen LogP contribution in [0.3, 0.4) is 0 Å². The molecule has 0 bridgehead atoms. The first-order valence-electron chi connectivity index (χ1n) is 8.53. The van der Waals surface area contributed by atoms with Crippen LogP contribution in [0.2, 0.25) is 0 Å². The molecule has 1 amide bonds. The fourth-order valence-electron chi connectivity index (χ4n) is 2.58. The molecule has 0 aliphatic heterocycles. The number of nitrogens with one attached hydrogen (secondary N) is 2. The summed E-state index contributed by atoms with van der Waals surface area (Å²) in [7, 11) is 3.15. The van der Waals surface area contributed by atoms with E-state index in [1.165, 1.54) is 11.0 Å². The highest BCUT2D eigenvalue weighted by molar-refractivity contribution is 5.95. The minimum Gasteiger partial charge on any atom is -0.505 e. The first-order chi connectivity index (χ1) is 12.0. The van der Waals surface area contributed by atoms with Gasteiger partial charge in [0.05, 0.1) is 11.3 Å². The summed E-state index contributed by atoms with van der Waals surface area (Å²) in [6, 6.07) is -0.513. The van der Waals surface area contributed by atoms with E-state index in [1.807, 2.05) is 20.8 Å². The number of anilines is 2. The van der Waals surface area contributed by atoms with E-state index < -0.39 is 16.9 Å². The molecule has 1 aromatic carbocycles. The minimum absolute atomic E-state index is 0.0172. The highest BCUT2D eigenvalue weighted by Gasteiger charge is 2.29. The van der Waals surface area contributed by atoms with Gasteiger partial charge in [0.15, 0.2) is 0 Å². The molecule has 0 heterocycles. The lowest BCUT2D eigenvalue weighted by atomic mass is 9.96. The second-order valence-electron chi connectivity index (χ2n) is 7.19. The Kier molecular flexibility index (Phi) is 5.56. The van der Waals surface area contributed by atoms with E-state index in [-0.39, 0.29) is 52.7 Å². The second-order valence-corrected chi connectivity index (χ2v) is 7.19. The lowest BCUT2D eigenvalue weighted by Crippen LogP contribution is -2.40. The number of nitrogens with zero attached hydrogens (tertiary/aromatic N) is 1. The first kappa shape index (κ1) is 19.7. The van der Waals surface area contributed by atoms with Gasteiger partial charge < -0.3 is 26.4 Å². The highest BCUT2D eigenvalue weighted by Crippen LogP contribution is 2.27. The van der Waals surface area contributed by atoms with E-state index in [0.717, 1.165) is 0 Å². The summed E-state index contributed by atoms with van der Waals surface area (Å²) in [6.45, 7) is 5.89. The summed E-state index contributed by atoms with van der Waals surface area (Å²) in [5.74, 6) is -0.365. The van der Waals surface area contributed by atoms with Crippen LogP contribution in [0.15, 0.2) is 32.7 Å². The summed E-state index contributed by atoms with van der Waals surface area (Å²) >= 11 is 0. The molecule has 1 unspecified atom stereocenters. The smallest absolute Gasteiger partial charge is 0.253 e. The van der Waals surface area contributed by atoms with E-state index in [0.29, 0.717) is 0 Å². The predicted octanol–water partition coefficient (Wildman–Crippen LogP) is 0.666. The molecule has 26 heavy (non-hydrogen) atoms. The monoisotopic (exact) mass is 362 g/mol. The van der Waals surface area contributed by atoms with E-state index in [1.54, 1.807) is 14.1 Å². The molecule has 2 rings (SSSR count). The molecule has 0 saturated heterocycles. The average Bonchev–Trinajstić information content (AvgIpc) is 2.58. The normalized spacial score (nSPS) is 18.7. The second kappa shape index (κ2) is 7.33. The number of carbonyl (C=O) groups is 1. The Bertz CT molecular complexity index is 844. The van der Waals surface area contributed by atoms with Crippen molar-refractivity contribution < 1.29 is 9.90 Å². The fourth-order valence-corrected chi connectivity index (χ4v) is 2.58. The van der Waals surface area contributed by atoms with Crippen molar-refractivity contribution in [2.24, 2.45) is 11.7 Å². The van der Waals surface area contributed by atoms with Crippen LogP contribution >= 0.6 is 0 Å². The third-order valence-electron chi connectivity index (χ3n) is 4.57. The van der Waals surface area contributed by atoms with Crippen LogP contribution in [0.25, 0.3) is 0 Å². The van der Waals surface area contributed by atoms with Crippen LogP contribution in [0.5, 0.6) is 0 Å². The van der Waals surface area contributed by atoms with Gasteiger partial charge in [0.1, 0.15) is 17.1 Å². The van der Waals surface area contributed by atoms with Gasteiger partial charge in [-0.1, -0.05) is 13.8 Å². The zero-order valence-corrected chi connectivity index (χ0v) is 15.7. The topological polar surface area (TPSA) is 125 Å². The summed E-state index contributed by atoms with van der Waals surface area (Å²) < 4.78 is 0. The van der Waals surface area contributed by atoms with Crippen molar-refractivity contribution in [3.63, 3.8) is 0 Å². The first-order valence-corrected chi connectivity index (χ1v) is 8.53. The zero-order valence-electron chi connectivity index (χ0n) is 15.7. The van der Waals surface area contributed by atoms with Crippen molar-refractivity contribution in [3.05, 3.63) is 43.6 Å². The molecule has 0 aromatic heterocycles. The Morgan fingerprint density at radius 2 is 1.81 bits per heavy atom. The lowest BCUT2D eigenvalue weighted by molar-refractivity contribution is -0.125. The number of aliphatic hydroxyl groups excluding tert-OH is 1. The number of amides is 1. The molecular weight excluding hydrogens is 336 g/mol. The molecule has 1 aliphatic carbocycles. The van der Waals surface area contributed by atoms with Gasteiger partial charge in [-0.25, -0.2) is 0 Å². The van der Waals surface area contributed by atoms with Gasteiger partial charge in [-0.15, -0.1) is 0 Å². The van der Waals surface area contributed by atoms with Gasteiger partial charge in [0, 0.05) is 32.6 Å². The van der Waals surface area contributed by atoms with Crippen molar-refractivity contribution in [3.8, 4) is 0 Å². The molecule has 142 valence electrons. The maximum absolute atomic E-state index is 12.2. The van der Waals surface area contributed by atoms with Crippen LogP contribution in [0, 0.1) is 5.92 Å². The van der Waals surface area contributed by atoms with Crippen molar-refractivity contribution >= 4 is 17.3 Å². The summed E-state index contributed by atoms with van der Waals surface area (Å²) in [5.41, 5.74) is 5.26. The van der Waals surface area contributed by atoms with Crippen LogP contribution in [0.1, 0.15) is 27.2 Å². The maximum atomic E-state index is 12.2. The molecular formula is C18H26N4O4. The van der Waals surface area contributed by atoms with Crippen molar-refractivity contribution in [1.29, 1.82) is 0 Å². The van der Waals surface area contributed by atoms with Gasteiger partial charge in [-0.3, -0.25) is 14.4 Å². The van der Waals surface area contributed by atoms with E-state index in [4.69, 9.17) is 5.73 Å². The number of rotatable bonds is 6. The number of likely N-dealkylation sites (N-methyl/N-ethyl adjacent to an activating group) is 1. The average molecular weight is 362 g/mol. The van der Waals surface area contributed by atoms with Gasteiger partial charge in [-0.2, -0.15) is 0 Å². The number of hydrogen-bond acceptors (Lipinski definition) is 7. The van der Waals surface area contributed by atoms with Crippen molar-refractivity contribution in [1.82, 2.24) is 4.90 Å². The Morgan fingerprint density at radius 1 is 1.23 bits per heavy atom. The molecule has 5 N–H and O–H groups in total. The fraction of sp³-hybridized carbons (Fsp3) is 0.500. The Hall–Kier alpha value is -2.61. The van der Waals surface area contributed by atoms with Gasteiger partial charge in [-0.05, 0) is 18.9 Å². The number of aliphatic hydroxyl groups is 1. The summed E-state index contributed by atoms with van der Waals surface area (Å²) in [6.07, 6.45) is 1.73. The van der Waals surface area contributed by atoms with E-state index in [2.05, 4.69) is 10.6 Å². The third kappa shape index (κ3) is 3.65. The third-order valence-corrected chi connectivity index (χ3v) is 4.57. The molecule has 8 heteroatoms. The number of nitrogens with two attached hydrogens (primary N) is 1. The molecule has 2 atom stereocenters. The molecule has 0 spiro atoms. The SMILES string of the molecule is CC(C)[C@H](C)Nc1c(NC2=CC(N)CC(C(=O)N(C)C)=C2O)c(=O)c1=O. The maximum Gasteiger partial charge on any atom is 0.253 e. The van der Waals surface area contributed by atoms with Crippen molar-refractivity contribution in [2.45, 2.75) is 39.3 Å². The molecule has 0 saturated carbocycles. The summed E-state index contributed by atoms with van der Waals surface area (Å²) in [4.78, 5) is 37.4. The molecule has 0 radical (unpaired) electrons. The molecule has 1 aromatic rings. The van der Waals surface area contributed by atoms with Gasteiger partial charge in [0.2, 0.25) is 0 Å². The number of carbonyl (C=O) groups excluding carboxylic acids is 1. The molecule has 0 fully saturated rings. The largest absolute Gasteiger partial charge is 0.505 e. The minimum atomic E-state index is -0.670. The van der Waals surface area contributed by atoms with Crippen LogP contribution in [-0.4, -0.2) is 42.1 Å². The van der Waals surface area contributed by atoms with Crippen molar-refractivity contribution in [2.75, 3.05) is 24.7 Å². The lowest BCUT2D eigenvalue weighted by Gasteiger charge is -2.26. The number of hydrogen-bond donors (Lipinski definition) is 4. The molecule has 8 nitrogen and oxygen atoms in total. The highest BCUT2D eigenvalue weighted by atomic mass is 16.3. The Balaban J connectivity index is 2.34. The quantitative estimate of drug-likeness (QED) is 0.548. The van der Waals surface area contributed by atoms with E-state index in [9.17, 15) is 19.5 Å². The molecule has 1 aliphatic rings. The van der Waals surface area contributed by atoms with E-state index >= 15 is 0 Å². The van der Waals surface area contributed by atoms with Crippen LogP contribution < -0.4 is 27.2 Å². The predicted molar refractivity (Wildman–Crippen MR) is 102 cm³/mol. The van der Waals surface area contributed by atoms with Crippen LogP contribution in [0.4, 0.5) is 11.4 Å². The standard InChI is InChI=1S/C18H26N4O4/c1-8(2)9(3)20-13-14(17(25)16(13)24)21-12-7-10(19)6-11(15(12)23)18(26)22(4)5/h7-10,20-21,23H,6,19H2,1-5H3/t9-,10?/m0/s1. The Morgan fingerprint density at radius 3 is 2.35 bits per heavy atom. The van der Waals surface area contributed by atoms with Gasteiger partial charge >= 0.3 is 0 Å². The Labute approximate surface area is 152 Å². The van der Waals surface area contributed by atoms with Crippen LogP contribution in [-0.2, 0) is 4.79 Å². The zero-order chi connectivity index (χ0) is 19.8. The van der Waals surface area contributed by atoms with Gasteiger partial charge in [0.25, 0.3) is 16.8 Å².